The number of fused-ring (bicyclic) bond motifs is 2. The van der Waals surface area contributed by atoms with Crippen LogP contribution in [0, 0.1) is 11.8 Å². The molecule has 0 amide bonds. The summed E-state index contributed by atoms with van der Waals surface area (Å²) in [6.45, 7) is 0.518. The molecule has 1 fully saturated rings. The number of rotatable bonds is 5. The molecule has 1 aliphatic heterocycles. The van der Waals surface area contributed by atoms with E-state index in [1.807, 2.05) is 7.11 Å². The quantitative estimate of drug-likeness (QED) is 0.305. The van der Waals surface area contributed by atoms with Gasteiger partial charge in [0.2, 0.25) is 0 Å². The van der Waals surface area contributed by atoms with E-state index in [1.165, 1.54) is 38.3 Å². The Labute approximate surface area is 105 Å². The predicted molar refractivity (Wildman–Crippen MR) is 71.2 cm³/mol. The minimum absolute atomic E-state index is 0.518. The number of alkyl halides is 1. The van der Waals surface area contributed by atoms with Gasteiger partial charge in [0.1, 0.15) is 0 Å². The van der Waals surface area contributed by atoms with Crippen LogP contribution in [0.1, 0.15) is 32.1 Å². The Morgan fingerprint density at radius 3 is 3.00 bits per heavy atom. The Bertz CT molecular complexity index is 254. The lowest BCUT2D eigenvalue weighted by atomic mass is 9.48. The highest BCUT2D eigenvalue weighted by molar-refractivity contribution is 6.52. The number of hydrogen-bond acceptors (Lipinski definition) is 1. The van der Waals surface area contributed by atoms with E-state index in [0.29, 0.717) is 6.92 Å². The van der Waals surface area contributed by atoms with Crippen LogP contribution < -0.4 is 0 Å². The normalized spacial score (nSPS) is 29.1. The van der Waals surface area contributed by atoms with Gasteiger partial charge in [-0.15, -0.1) is 11.6 Å². The standard InChI is InChI=1S/C13H22BClO/c1-16-14-9-12-6-11(4-2-3-5-15)7-13(8-12)10-14/h6,12-13H,2-5,7-10H2,1H3. The second-order valence-electron chi connectivity index (χ2n) is 5.37. The Kier molecular flexibility index (Phi) is 4.78. The first-order valence-electron chi connectivity index (χ1n) is 6.60. The zero-order valence-corrected chi connectivity index (χ0v) is 11.0. The molecule has 0 saturated carbocycles. The van der Waals surface area contributed by atoms with Crippen LogP contribution in [0.4, 0.5) is 0 Å². The van der Waals surface area contributed by atoms with Gasteiger partial charge in [0.05, 0.1) is 0 Å². The third kappa shape index (κ3) is 3.27. The van der Waals surface area contributed by atoms with Crippen molar-refractivity contribution in [3.05, 3.63) is 11.6 Å². The van der Waals surface area contributed by atoms with E-state index in [0.717, 1.165) is 24.1 Å². The number of allylic oxidation sites excluding steroid dienone is 2. The van der Waals surface area contributed by atoms with Crippen LogP contribution >= 0.6 is 11.6 Å². The number of unbranched alkanes of at least 4 members (excludes halogenated alkanes) is 1. The van der Waals surface area contributed by atoms with Gasteiger partial charge >= 0.3 is 0 Å². The first kappa shape index (κ1) is 12.5. The molecule has 2 unspecified atom stereocenters. The molecule has 0 aromatic rings. The molecule has 0 aromatic heterocycles. The molecule has 1 saturated heterocycles. The van der Waals surface area contributed by atoms with Crippen LogP contribution in [0.2, 0.25) is 12.6 Å². The highest BCUT2D eigenvalue weighted by atomic mass is 35.5. The summed E-state index contributed by atoms with van der Waals surface area (Å²) in [6.07, 6.45) is 11.5. The zero-order valence-electron chi connectivity index (χ0n) is 10.3. The second kappa shape index (κ2) is 6.11. The fraction of sp³-hybridized carbons (Fsp3) is 0.846. The van der Waals surface area contributed by atoms with Crippen LogP contribution in [-0.4, -0.2) is 19.9 Å². The molecule has 0 N–H and O–H groups in total. The zero-order chi connectivity index (χ0) is 11.4. The molecule has 0 aromatic carbocycles. The molecule has 90 valence electrons. The van der Waals surface area contributed by atoms with E-state index in [-0.39, 0.29) is 0 Å². The van der Waals surface area contributed by atoms with Gasteiger partial charge in [-0.2, -0.15) is 0 Å². The maximum Gasteiger partial charge on any atom is 0.293 e. The maximum atomic E-state index is 5.72. The summed E-state index contributed by atoms with van der Waals surface area (Å²) in [6, 6.07) is 0. The smallest absolute Gasteiger partial charge is 0.293 e. The summed E-state index contributed by atoms with van der Waals surface area (Å²) < 4.78 is 5.51. The van der Waals surface area contributed by atoms with Crippen LogP contribution in [0.3, 0.4) is 0 Å². The largest absolute Gasteiger partial charge is 0.438 e. The van der Waals surface area contributed by atoms with Crippen molar-refractivity contribution in [2.24, 2.45) is 11.8 Å². The van der Waals surface area contributed by atoms with Crippen LogP contribution in [0.15, 0.2) is 11.6 Å². The Hall–Kier alpha value is 0.0549. The van der Waals surface area contributed by atoms with E-state index in [1.54, 1.807) is 5.57 Å². The molecule has 16 heavy (non-hydrogen) atoms. The summed E-state index contributed by atoms with van der Waals surface area (Å²) in [5.74, 6) is 2.49. The van der Waals surface area contributed by atoms with E-state index < -0.39 is 0 Å². The van der Waals surface area contributed by atoms with Gasteiger partial charge in [0.25, 0.3) is 6.92 Å². The molecule has 2 rings (SSSR count). The third-order valence-electron chi connectivity index (χ3n) is 4.04. The summed E-state index contributed by atoms with van der Waals surface area (Å²) in [4.78, 5) is 0. The Balaban J connectivity index is 1.86. The van der Waals surface area contributed by atoms with Gasteiger partial charge in [-0.3, -0.25) is 0 Å². The van der Waals surface area contributed by atoms with Gasteiger partial charge in [-0.25, -0.2) is 0 Å². The SMILES string of the molecule is COB1CC2C=C(CCCCCl)CC(C1)C2. The van der Waals surface area contributed by atoms with E-state index in [9.17, 15) is 0 Å². The van der Waals surface area contributed by atoms with Crippen LogP contribution in [0.25, 0.3) is 0 Å². The predicted octanol–water partition coefficient (Wildman–Crippen LogP) is 4.00. The van der Waals surface area contributed by atoms with Crippen molar-refractivity contribution >= 4 is 18.5 Å². The molecule has 1 nitrogen and oxygen atoms in total. The minimum atomic E-state index is 0.518. The molecule has 0 radical (unpaired) electrons. The molecular weight excluding hydrogens is 218 g/mol. The van der Waals surface area contributed by atoms with Crippen molar-refractivity contribution in [1.82, 2.24) is 0 Å². The monoisotopic (exact) mass is 240 g/mol. The summed E-state index contributed by atoms with van der Waals surface area (Å²) in [7, 11) is 1.86. The minimum Gasteiger partial charge on any atom is -0.438 e. The lowest BCUT2D eigenvalue weighted by Gasteiger charge is -2.36. The van der Waals surface area contributed by atoms with Gasteiger partial charge < -0.3 is 4.65 Å². The average molecular weight is 241 g/mol. The van der Waals surface area contributed by atoms with Gasteiger partial charge in [-0.05, 0) is 56.6 Å². The van der Waals surface area contributed by atoms with Crippen molar-refractivity contribution < 1.29 is 4.65 Å². The number of hydrogen-bond donors (Lipinski definition) is 0. The first-order chi connectivity index (χ1) is 7.81. The fourth-order valence-electron chi connectivity index (χ4n) is 3.33. The van der Waals surface area contributed by atoms with E-state index >= 15 is 0 Å². The second-order valence-corrected chi connectivity index (χ2v) is 5.74. The number of halogens is 1. The van der Waals surface area contributed by atoms with Crippen molar-refractivity contribution in [3.8, 4) is 0 Å². The summed E-state index contributed by atoms with van der Waals surface area (Å²) >= 11 is 5.72. The fourth-order valence-corrected chi connectivity index (χ4v) is 3.51. The topological polar surface area (TPSA) is 9.23 Å². The average Bonchev–Trinajstić information content (AvgIpc) is 2.28. The van der Waals surface area contributed by atoms with Crippen LogP contribution in [0.5, 0.6) is 0 Å². The Morgan fingerprint density at radius 2 is 2.31 bits per heavy atom. The lowest BCUT2D eigenvalue weighted by Crippen LogP contribution is -2.32. The molecule has 2 bridgehead atoms. The van der Waals surface area contributed by atoms with Gasteiger partial charge in [-0.1, -0.05) is 11.6 Å². The molecule has 2 atom stereocenters. The summed E-state index contributed by atoms with van der Waals surface area (Å²) in [5.41, 5.74) is 1.70. The lowest BCUT2D eigenvalue weighted by molar-refractivity contribution is 0.338. The molecule has 1 heterocycles. The molecule has 2 aliphatic rings. The molecule has 3 heteroatoms. The van der Waals surface area contributed by atoms with Crippen molar-refractivity contribution in [2.45, 2.75) is 44.7 Å². The highest BCUT2D eigenvalue weighted by Gasteiger charge is 2.34. The third-order valence-corrected chi connectivity index (χ3v) is 4.30. The van der Waals surface area contributed by atoms with Gasteiger partial charge in [0, 0.05) is 13.0 Å². The maximum absolute atomic E-state index is 5.72. The Morgan fingerprint density at radius 1 is 1.44 bits per heavy atom. The highest BCUT2D eigenvalue weighted by Crippen LogP contribution is 2.40. The van der Waals surface area contributed by atoms with Crippen molar-refractivity contribution in [1.29, 1.82) is 0 Å². The van der Waals surface area contributed by atoms with Crippen molar-refractivity contribution in [3.63, 3.8) is 0 Å². The van der Waals surface area contributed by atoms with Gasteiger partial charge in [0.15, 0.2) is 0 Å². The van der Waals surface area contributed by atoms with E-state index in [2.05, 4.69) is 6.08 Å². The van der Waals surface area contributed by atoms with Crippen LogP contribution in [-0.2, 0) is 4.65 Å². The first-order valence-corrected chi connectivity index (χ1v) is 7.13. The molecule has 1 aliphatic carbocycles. The summed E-state index contributed by atoms with van der Waals surface area (Å²) in [5, 5.41) is 0. The molecule has 0 spiro atoms. The van der Waals surface area contributed by atoms with Crippen molar-refractivity contribution in [2.75, 3.05) is 13.0 Å². The molecular formula is C13H22BClO. The van der Waals surface area contributed by atoms with E-state index in [4.69, 9.17) is 16.3 Å².